The molecule has 0 bridgehead atoms. The zero-order valence-corrected chi connectivity index (χ0v) is 20.8. The van der Waals surface area contributed by atoms with Gasteiger partial charge >= 0.3 is 0 Å². The Kier molecular flexibility index (Phi) is 7.44. The number of nitrogens with one attached hydrogen (secondary N) is 2. The number of nitrogens with zero attached hydrogens (tertiary/aromatic N) is 5. The topological polar surface area (TPSA) is 108 Å². The maximum absolute atomic E-state index is 14.7. The molecular formula is C26H30FN7O2. The third-order valence-corrected chi connectivity index (χ3v) is 6.07. The molecule has 4 rings (SSSR count). The molecule has 3 N–H and O–H groups in total. The fraction of sp³-hybridized carbons (Fsp3) is 0.308. The van der Waals surface area contributed by atoms with Gasteiger partial charge in [-0.25, -0.2) is 15.0 Å². The number of carbonyl (C=O) groups is 1. The lowest BCUT2D eigenvalue weighted by Gasteiger charge is -2.19. The van der Waals surface area contributed by atoms with Gasteiger partial charge in [0.2, 0.25) is 5.95 Å². The minimum atomic E-state index is -0.649. The molecule has 0 radical (unpaired) electrons. The number of aromatic nitrogens is 4. The lowest BCUT2D eigenvalue weighted by molar-refractivity contribution is 0.0784. The summed E-state index contributed by atoms with van der Waals surface area (Å²) in [5.41, 5.74) is 2.68. The van der Waals surface area contributed by atoms with E-state index in [0.29, 0.717) is 53.2 Å². The van der Waals surface area contributed by atoms with Crippen LogP contribution < -0.4 is 10.6 Å². The number of phenolic OH excluding ortho intramolecular Hbond substituents is 1. The van der Waals surface area contributed by atoms with Gasteiger partial charge in [-0.05, 0) is 43.4 Å². The van der Waals surface area contributed by atoms with Crippen LogP contribution >= 0.6 is 0 Å². The molecule has 4 aromatic rings. The average molecular weight is 492 g/mol. The molecular weight excluding hydrogens is 461 g/mol. The third kappa shape index (κ3) is 5.13. The van der Waals surface area contributed by atoms with E-state index in [1.807, 2.05) is 25.6 Å². The molecule has 0 saturated carbocycles. The van der Waals surface area contributed by atoms with Gasteiger partial charge in [0, 0.05) is 39.0 Å². The van der Waals surface area contributed by atoms with E-state index in [1.165, 1.54) is 12.1 Å². The second-order valence-corrected chi connectivity index (χ2v) is 8.56. The molecule has 0 spiro atoms. The summed E-state index contributed by atoms with van der Waals surface area (Å²) in [5, 5.41) is 16.6. The number of phenols is 1. The van der Waals surface area contributed by atoms with Gasteiger partial charge in [-0.1, -0.05) is 6.92 Å². The number of imidazole rings is 1. The smallest absolute Gasteiger partial charge is 0.254 e. The molecule has 0 fully saturated rings. The molecule has 0 aliphatic rings. The first-order valence-electron chi connectivity index (χ1n) is 11.8. The molecule has 10 heteroatoms. The molecule has 3 heterocycles. The van der Waals surface area contributed by atoms with Crippen LogP contribution in [0.3, 0.4) is 0 Å². The number of fused-ring (bicyclic) bond motifs is 1. The van der Waals surface area contributed by atoms with Crippen LogP contribution in [0.2, 0.25) is 0 Å². The highest BCUT2D eigenvalue weighted by Crippen LogP contribution is 2.29. The van der Waals surface area contributed by atoms with Crippen LogP contribution in [-0.2, 0) is 20.0 Å². The van der Waals surface area contributed by atoms with Gasteiger partial charge in [0.25, 0.3) is 5.91 Å². The van der Waals surface area contributed by atoms with Gasteiger partial charge in [-0.3, -0.25) is 4.79 Å². The minimum Gasteiger partial charge on any atom is -0.508 e. The molecule has 188 valence electrons. The Morgan fingerprint density at radius 3 is 2.64 bits per heavy atom. The first-order valence-corrected chi connectivity index (χ1v) is 11.8. The monoisotopic (exact) mass is 491 g/mol. The maximum Gasteiger partial charge on any atom is 0.254 e. The molecule has 0 saturated heterocycles. The fourth-order valence-electron chi connectivity index (χ4n) is 4.04. The Hall–Kier alpha value is -4.05. The van der Waals surface area contributed by atoms with Crippen LogP contribution in [0.1, 0.15) is 28.8 Å². The van der Waals surface area contributed by atoms with Crippen molar-refractivity contribution in [1.29, 1.82) is 0 Å². The Labute approximate surface area is 209 Å². The Balaban J connectivity index is 1.71. The van der Waals surface area contributed by atoms with E-state index in [-0.39, 0.29) is 11.7 Å². The van der Waals surface area contributed by atoms with Crippen LogP contribution in [0.4, 0.5) is 10.1 Å². The first kappa shape index (κ1) is 25.1. The van der Waals surface area contributed by atoms with E-state index in [0.717, 1.165) is 17.9 Å². The molecule has 0 aliphatic carbocycles. The van der Waals surface area contributed by atoms with Gasteiger partial charge < -0.3 is 25.2 Å². The summed E-state index contributed by atoms with van der Waals surface area (Å²) >= 11 is 0. The highest BCUT2D eigenvalue weighted by molar-refractivity contribution is 6.07. The number of hydrogen-bond donors (Lipinski definition) is 3. The summed E-state index contributed by atoms with van der Waals surface area (Å²) < 4.78 is 16.7. The normalized spacial score (nSPS) is 11.1. The van der Waals surface area contributed by atoms with E-state index in [1.54, 1.807) is 42.4 Å². The predicted octanol–water partition coefficient (Wildman–Crippen LogP) is 3.34. The van der Waals surface area contributed by atoms with Gasteiger partial charge in [0.15, 0.2) is 0 Å². The number of rotatable bonds is 9. The first-order chi connectivity index (χ1) is 17.3. The number of carbonyl (C=O) groups excluding carboxylic acids is 1. The van der Waals surface area contributed by atoms with E-state index in [9.17, 15) is 14.3 Å². The largest absolute Gasteiger partial charge is 0.508 e. The fourth-order valence-corrected chi connectivity index (χ4v) is 4.04. The van der Waals surface area contributed by atoms with Gasteiger partial charge in [-0.2, -0.15) is 4.39 Å². The van der Waals surface area contributed by atoms with Crippen molar-refractivity contribution < 1.29 is 14.3 Å². The Morgan fingerprint density at radius 1 is 1.14 bits per heavy atom. The lowest BCUT2D eigenvalue weighted by atomic mass is 10.0. The van der Waals surface area contributed by atoms with Gasteiger partial charge in [0.1, 0.15) is 11.6 Å². The number of anilines is 1. The third-order valence-electron chi connectivity index (χ3n) is 6.07. The minimum absolute atomic E-state index is 0.0224. The van der Waals surface area contributed by atoms with Crippen molar-refractivity contribution in [2.75, 3.05) is 32.5 Å². The Bertz CT molecular complexity index is 1400. The van der Waals surface area contributed by atoms with E-state index in [2.05, 4.69) is 25.6 Å². The van der Waals surface area contributed by atoms with E-state index in [4.69, 9.17) is 0 Å². The van der Waals surface area contributed by atoms with Gasteiger partial charge in [0.05, 0.1) is 46.6 Å². The number of amides is 1. The molecule has 1 aromatic carbocycles. The van der Waals surface area contributed by atoms with Crippen molar-refractivity contribution in [2.24, 2.45) is 7.05 Å². The number of hydrogen-bond acceptors (Lipinski definition) is 7. The maximum atomic E-state index is 14.7. The number of aryl methyl sites for hydroxylation is 1. The second kappa shape index (κ2) is 10.7. The van der Waals surface area contributed by atoms with E-state index < -0.39 is 5.95 Å². The number of halogens is 1. The SMILES string of the molecule is CCc1ncc(CN(C)C(=O)c2cc(-c3ccc(NCCNC)c(F)n3)nc3ccc(O)cc23)n1C. The van der Waals surface area contributed by atoms with Crippen LogP contribution in [-0.4, -0.2) is 62.6 Å². The van der Waals surface area contributed by atoms with Crippen LogP contribution in [0.5, 0.6) is 5.75 Å². The standard InChI is InChI=1S/C26H30FN7O2/c1-5-24-30-14-16(34(24)4)15-33(3)26(36)19-13-23(31-20-7-6-17(35)12-18(19)20)21-8-9-22(25(27)32-21)29-11-10-28-2/h6-9,12-14,28-29,35H,5,10-11,15H2,1-4H3. The highest BCUT2D eigenvalue weighted by Gasteiger charge is 2.20. The van der Waals surface area contributed by atoms with E-state index >= 15 is 0 Å². The van der Waals surface area contributed by atoms with Crippen molar-refractivity contribution in [3.8, 4) is 17.1 Å². The van der Waals surface area contributed by atoms with Crippen LogP contribution in [0, 0.1) is 5.95 Å². The number of pyridine rings is 2. The summed E-state index contributed by atoms with van der Waals surface area (Å²) in [6.45, 7) is 3.60. The molecule has 0 atom stereocenters. The molecule has 3 aromatic heterocycles. The molecule has 0 unspecified atom stereocenters. The molecule has 0 aliphatic heterocycles. The Morgan fingerprint density at radius 2 is 1.94 bits per heavy atom. The van der Waals surface area contributed by atoms with Crippen LogP contribution in [0.25, 0.3) is 22.3 Å². The summed E-state index contributed by atoms with van der Waals surface area (Å²) in [5.74, 6) is 0.0435. The summed E-state index contributed by atoms with van der Waals surface area (Å²) in [6, 6.07) is 9.51. The quantitative estimate of drug-likeness (QED) is 0.243. The summed E-state index contributed by atoms with van der Waals surface area (Å²) in [6.07, 6.45) is 2.56. The summed E-state index contributed by atoms with van der Waals surface area (Å²) in [4.78, 5) is 28.3. The molecule has 1 amide bonds. The van der Waals surface area contributed by atoms with Crippen molar-refractivity contribution >= 4 is 22.5 Å². The zero-order chi connectivity index (χ0) is 25.8. The molecule has 36 heavy (non-hydrogen) atoms. The van der Waals surface area contributed by atoms with Crippen molar-refractivity contribution in [3.63, 3.8) is 0 Å². The zero-order valence-electron chi connectivity index (χ0n) is 20.8. The molecule has 9 nitrogen and oxygen atoms in total. The van der Waals surface area contributed by atoms with Crippen molar-refractivity contribution in [1.82, 2.24) is 29.7 Å². The van der Waals surface area contributed by atoms with Gasteiger partial charge in [-0.15, -0.1) is 0 Å². The van der Waals surface area contributed by atoms with Crippen molar-refractivity contribution in [3.05, 3.63) is 65.6 Å². The highest BCUT2D eigenvalue weighted by atomic mass is 19.1. The lowest BCUT2D eigenvalue weighted by Crippen LogP contribution is -2.27. The number of likely N-dealkylation sites (N-methyl/N-ethyl adjacent to an activating group) is 1. The average Bonchev–Trinajstić information content (AvgIpc) is 3.22. The van der Waals surface area contributed by atoms with Crippen LogP contribution in [0.15, 0.2) is 42.6 Å². The van der Waals surface area contributed by atoms with Crippen molar-refractivity contribution in [2.45, 2.75) is 19.9 Å². The summed E-state index contributed by atoms with van der Waals surface area (Å²) in [7, 11) is 5.45. The second-order valence-electron chi connectivity index (χ2n) is 8.56. The number of aromatic hydroxyl groups is 1. The number of benzene rings is 1. The predicted molar refractivity (Wildman–Crippen MR) is 137 cm³/mol.